The Kier molecular flexibility index (Phi) is 5.42. The number of nitrogens with zero attached hydrogens (tertiary/aromatic N) is 5. The second-order valence-corrected chi connectivity index (χ2v) is 9.32. The van der Waals surface area contributed by atoms with Crippen molar-refractivity contribution in [3.63, 3.8) is 0 Å². The van der Waals surface area contributed by atoms with Crippen LogP contribution in [0.25, 0.3) is 39.4 Å². The SMILES string of the molecule is COc1ccc(-c2nn(-c3ccccc3)cc2/C=c2\sc3nc(-c4ccccc4)nn3c2=O)cc1C. The van der Waals surface area contributed by atoms with Gasteiger partial charge in [0, 0.05) is 22.9 Å². The normalized spacial score (nSPS) is 11.9. The van der Waals surface area contributed by atoms with Crippen LogP contribution in [0.2, 0.25) is 0 Å². The smallest absolute Gasteiger partial charge is 0.291 e. The maximum atomic E-state index is 13.2. The Balaban J connectivity index is 1.50. The lowest BCUT2D eigenvalue weighted by atomic mass is 10.0. The van der Waals surface area contributed by atoms with E-state index in [9.17, 15) is 4.79 Å². The van der Waals surface area contributed by atoms with Crippen LogP contribution in [0.1, 0.15) is 11.1 Å². The predicted molar refractivity (Wildman–Crippen MR) is 142 cm³/mol. The number of thiazole rings is 1. The van der Waals surface area contributed by atoms with Crippen LogP contribution in [-0.4, -0.2) is 31.5 Å². The van der Waals surface area contributed by atoms with Gasteiger partial charge in [0.05, 0.1) is 17.3 Å². The van der Waals surface area contributed by atoms with Crippen molar-refractivity contribution in [2.45, 2.75) is 6.92 Å². The van der Waals surface area contributed by atoms with Gasteiger partial charge in [-0.15, -0.1) is 5.10 Å². The van der Waals surface area contributed by atoms with Gasteiger partial charge < -0.3 is 4.74 Å². The zero-order chi connectivity index (χ0) is 24.6. The van der Waals surface area contributed by atoms with Crippen molar-refractivity contribution in [2.24, 2.45) is 0 Å². The number of hydrogen-bond donors (Lipinski definition) is 0. The van der Waals surface area contributed by atoms with Crippen molar-refractivity contribution in [1.82, 2.24) is 24.4 Å². The highest BCUT2D eigenvalue weighted by Crippen LogP contribution is 2.29. The molecule has 0 aliphatic rings. The maximum Gasteiger partial charge on any atom is 0.291 e. The van der Waals surface area contributed by atoms with E-state index in [0.29, 0.717) is 15.3 Å². The molecule has 0 aliphatic carbocycles. The summed E-state index contributed by atoms with van der Waals surface area (Å²) in [6.45, 7) is 2.00. The lowest BCUT2D eigenvalue weighted by Crippen LogP contribution is -2.23. The Morgan fingerprint density at radius 2 is 1.67 bits per heavy atom. The van der Waals surface area contributed by atoms with Crippen LogP contribution in [0.15, 0.2) is 89.9 Å². The van der Waals surface area contributed by atoms with Gasteiger partial charge in [-0.2, -0.15) is 14.6 Å². The molecule has 8 heteroatoms. The second kappa shape index (κ2) is 8.90. The third-order valence-electron chi connectivity index (χ3n) is 5.93. The lowest BCUT2D eigenvalue weighted by Gasteiger charge is -2.06. The van der Waals surface area contributed by atoms with Gasteiger partial charge in [0.15, 0.2) is 5.82 Å². The molecule has 0 unspecified atom stereocenters. The number of aryl methyl sites for hydroxylation is 1. The van der Waals surface area contributed by atoms with E-state index in [4.69, 9.17) is 9.84 Å². The van der Waals surface area contributed by atoms with E-state index in [1.54, 1.807) is 7.11 Å². The first kappa shape index (κ1) is 21.9. The molecule has 0 saturated carbocycles. The Morgan fingerprint density at radius 3 is 2.36 bits per heavy atom. The van der Waals surface area contributed by atoms with Gasteiger partial charge in [0.1, 0.15) is 11.4 Å². The molecule has 3 aromatic carbocycles. The van der Waals surface area contributed by atoms with Gasteiger partial charge in [-0.1, -0.05) is 59.9 Å². The number of hydrogen-bond acceptors (Lipinski definition) is 6. The molecule has 0 atom stereocenters. The number of ether oxygens (including phenoxy) is 1. The largest absolute Gasteiger partial charge is 0.496 e. The van der Waals surface area contributed by atoms with Crippen molar-refractivity contribution in [3.8, 4) is 34.1 Å². The third-order valence-corrected chi connectivity index (χ3v) is 6.89. The zero-order valence-corrected chi connectivity index (χ0v) is 20.4. The Labute approximate surface area is 210 Å². The third kappa shape index (κ3) is 3.87. The minimum Gasteiger partial charge on any atom is -0.496 e. The van der Waals surface area contributed by atoms with Crippen LogP contribution in [0.4, 0.5) is 0 Å². The predicted octanol–water partition coefficient (Wildman–Crippen LogP) is 4.54. The molecule has 0 radical (unpaired) electrons. The molecule has 0 aliphatic heterocycles. The van der Waals surface area contributed by atoms with Gasteiger partial charge in [-0.3, -0.25) is 4.79 Å². The number of benzene rings is 3. The summed E-state index contributed by atoms with van der Waals surface area (Å²) in [5.74, 6) is 1.35. The fourth-order valence-corrected chi connectivity index (χ4v) is 5.04. The Hall–Kier alpha value is -4.56. The molecule has 0 N–H and O–H groups in total. The summed E-state index contributed by atoms with van der Waals surface area (Å²) < 4.78 is 9.18. The summed E-state index contributed by atoms with van der Waals surface area (Å²) in [6, 6.07) is 25.5. The molecule has 3 heterocycles. The van der Waals surface area contributed by atoms with Crippen LogP contribution < -0.4 is 14.8 Å². The number of rotatable bonds is 5. The van der Waals surface area contributed by atoms with E-state index < -0.39 is 0 Å². The average Bonchev–Trinajstić information content (AvgIpc) is 3.60. The zero-order valence-electron chi connectivity index (χ0n) is 19.6. The van der Waals surface area contributed by atoms with Gasteiger partial charge in [0.25, 0.3) is 5.56 Å². The average molecular weight is 492 g/mol. The molecular weight excluding hydrogens is 470 g/mol. The van der Waals surface area contributed by atoms with E-state index in [1.807, 2.05) is 103 Å². The summed E-state index contributed by atoms with van der Waals surface area (Å²) in [7, 11) is 1.66. The van der Waals surface area contributed by atoms with Crippen molar-refractivity contribution in [2.75, 3.05) is 7.11 Å². The van der Waals surface area contributed by atoms with Gasteiger partial charge in [-0.25, -0.2) is 4.68 Å². The van der Waals surface area contributed by atoms with Gasteiger partial charge >= 0.3 is 0 Å². The lowest BCUT2D eigenvalue weighted by molar-refractivity contribution is 0.412. The summed E-state index contributed by atoms with van der Waals surface area (Å²) in [5, 5.41) is 9.34. The summed E-state index contributed by atoms with van der Waals surface area (Å²) >= 11 is 1.32. The highest BCUT2D eigenvalue weighted by Gasteiger charge is 2.15. The summed E-state index contributed by atoms with van der Waals surface area (Å²) in [4.78, 5) is 18.4. The van der Waals surface area contributed by atoms with Crippen LogP contribution >= 0.6 is 11.3 Å². The highest BCUT2D eigenvalue weighted by atomic mass is 32.1. The number of aromatic nitrogens is 5. The summed E-state index contributed by atoms with van der Waals surface area (Å²) in [6.07, 6.45) is 3.81. The molecule has 0 saturated heterocycles. The molecule has 7 nitrogen and oxygen atoms in total. The molecule has 6 aromatic rings. The topological polar surface area (TPSA) is 74.3 Å². The molecule has 0 bridgehead atoms. The standard InChI is InChI=1S/C28H21N5O2S/c1-18-15-20(13-14-23(18)35-2)25-21(17-32(30-25)22-11-7-4-8-12-22)16-24-27(34)33-28(36-24)29-26(31-33)19-9-5-3-6-10-19/h3-17H,1-2H3/b24-16-. The van der Waals surface area contributed by atoms with Crippen molar-refractivity contribution in [1.29, 1.82) is 0 Å². The van der Waals surface area contributed by atoms with E-state index in [2.05, 4.69) is 10.1 Å². The van der Waals surface area contributed by atoms with Crippen molar-refractivity contribution in [3.05, 3.63) is 111 Å². The maximum absolute atomic E-state index is 13.2. The number of para-hydroxylation sites is 1. The van der Waals surface area contributed by atoms with Gasteiger partial charge in [0.2, 0.25) is 4.96 Å². The molecule has 0 fully saturated rings. The fourth-order valence-electron chi connectivity index (χ4n) is 4.14. The summed E-state index contributed by atoms with van der Waals surface area (Å²) in [5.41, 5.74) is 5.15. The van der Waals surface area contributed by atoms with E-state index >= 15 is 0 Å². The second-order valence-electron chi connectivity index (χ2n) is 8.31. The first-order valence-corrected chi connectivity index (χ1v) is 12.2. The van der Waals surface area contributed by atoms with E-state index in [0.717, 1.165) is 39.4 Å². The molecular formula is C28H21N5O2S. The number of methoxy groups -OCH3 is 1. The van der Waals surface area contributed by atoms with E-state index in [-0.39, 0.29) is 5.56 Å². The minimum absolute atomic E-state index is 0.200. The Bertz CT molecular complexity index is 1800. The Morgan fingerprint density at radius 1 is 0.917 bits per heavy atom. The first-order chi connectivity index (χ1) is 17.6. The molecule has 6 rings (SSSR count). The van der Waals surface area contributed by atoms with Crippen molar-refractivity contribution >= 4 is 22.4 Å². The van der Waals surface area contributed by atoms with Gasteiger partial charge in [-0.05, 0) is 48.9 Å². The van der Waals surface area contributed by atoms with Crippen molar-refractivity contribution < 1.29 is 4.74 Å². The van der Waals surface area contributed by atoms with Crippen LogP contribution in [0, 0.1) is 6.92 Å². The minimum atomic E-state index is -0.200. The quantitative estimate of drug-likeness (QED) is 0.354. The van der Waals surface area contributed by atoms with Crippen LogP contribution in [-0.2, 0) is 0 Å². The van der Waals surface area contributed by atoms with E-state index in [1.165, 1.54) is 15.9 Å². The molecule has 176 valence electrons. The highest BCUT2D eigenvalue weighted by molar-refractivity contribution is 7.15. The van der Waals surface area contributed by atoms with Crippen LogP contribution in [0.3, 0.4) is 0 Å². The monoisotopic (exact) mass is 491 g/mol. The number of fused-ring (bicyclic) bond motifs is 1. The fraction of sp³-hybridized carbons (Fsp3) is 0.0714. The molecule has 0 spiro atoms. The van der Waals surface area contributed by atoms with Crippen LogP contribution in [0.5, 0.6) is 5.75 Å². The molecule has 0 amide bonds. The molecule has 3 aromatic heterocycles. The first-order valence-electron chi connectivity index (χ1n) is 11.4. The molecule has 36 heavy (non-hydrogen) atoms.